The number of sulfonamides is 1. The summed E-state index contributed by atoms with van der Waals surface area (Å²) >= 11 is 0. The van der Waals surface area contributed by atoms with Crippen molar-refractivity contribution in [1.29, 1.82) is 0 Å². The van der Waals surface area contributed by atoms with Gasteiger partial charge in [-0.2, -0.15) is 0 Å². The van der Waals surface area contributed by atoms with Crippen molar-refractivity contribution in [2.24, 2.45) is 0 Å². The van der Waals surface area contributed by atoms with E-state index in [0.717, 1.165) is 5.69 Å². The first-order valence-electron chi connectivity index (χ1n) is 5.47. The van der Waals surface area contributed by atoms with Gasteiger partial charge in [0.2, 0.25) is 5.95 Å². The molecule has 0 saturated heterocycles. The zero-order valence-corrected chi connectivity index (χ0v) is 10.3. The second-order valence-electron chi connectivity index (χ2n) is 3.94. The number of hydrogen-bond donors (Lipinski definition) is 1. The van der Waals surface area contributed by atoms with Crippen molar-refractivity contribution in [1.82, 2.24) is 9.55 Å². The Morgan fingerprint density at radius 2 is 2.00 bits per heavy atom. The highest BCUT2D eigenvalue weighted by Gasteiger charge is 2.18. The van der Waals surface area contributed by atoms with Gasteiger partial charge in [0.05, 0.1) is 16.8 Å². The molecule has 0 bridgehead atoms. The first kappa shape index (κ1) is 11.0. The molecule has 0 amide bonds. The Labute approximate surface area is 105 Å². The van der Waals surface area contributed by atoms with Gasteiger partial charge in [-0.1, -0.05) is 24.3 Å². The molecule has 0 unspecified atom stereocenters. The van der Waals surface area contributed by atoms with E-state index in [2.05, 4.69) is 9.71 Å². The van der Waals surface area contributed by atoms with E-state index in [-0.39, 0.29) is 4.90 Å². The fourth-order valence-electron chi connectivity index (χ4n) is 1.85. The fraction of sp³-hybridized carbons (Fsp3) is 0.0833. The molecular formula is C12H11N3O2S. The molecule has 0 spiro atoms. The van der Waals surface area contributed by atoms with Gasteiger partial charge in [-0.25, -0.2) is 18.1 Å². The van der Waals surface area contributed by atoms with Gasteiger partial charge in [0, 0.05) is 6.54 Å². The van der Waals surface area contributed by atoms with Crippen LogP contribution in [0.1, 0.15) is 5.69 Å². The number of rotatable bonds is 3. The predicted molar refractivity (Wildman–Crippen MR) is 68.5 cm³/mol. The topological polar surface area (TPSA) is 64.0 Å². The molecule has 18 heavy (non-hydrogen) atoms. The van der Waals surface area contributed by atoms with Crippen LogP contribution in [0.4, 0.5) is 5.95 Å². The molecule has 6 heteroatoms. The summed E-state index contributed by atoms with van der Waals surface area (Å²) in [4.78, 5) is 4.30. The maximum Gasteiger partial charge on any atom is 0.264 e. The van der Waals surface area contributed by atoms with Gasteiger partial charge in [0.15, 0.2) is 0 Å². The lowest BCUT2D eigenvalue weighted by atomic mass is 10.4. The molecule has 0 atom stereocenters. The Morgan fingerprint density at radius 3 is 2.78 bits per heavy atom. The van der Waals surface area contributed by atoms with Crippen molar-refractivity contribution in [3.63, 3.8) is 0 Å². The van der Waals surface area contributed by atoms with E-state index in [4.69, 9.17) is 0 Å². The SMILES string of the molecule is O=S(=O)(Nc1ncc2n1CC=C2)c1ccccc1. The molecule has 92 valence electrons. The molecule has 0 fully saturated rings. The fourth-order valence-corrected chi connectivity index (χ4v) is 2.89. The van der Waals surface area contributed by atoms with Gasteiger partial charge in [0.1, 0.15) is 0 Å². The van der Waals surface area contributed by atoms with Crippen LogP contribution in [0, 0.1) is 0 Å². The highest BCUT2D eigenvalue weighted by Crippen LogP contribution is 2.20. The summed E-state index contributed by atoms with van der Waals surface area (Å²) in [5, 5.41) is 0. The van der Waals surface area contributed by atoms with Crippen LogP contribution in [-0.2, 0) is 16.6 Å². The van der Waals surface area contributed by atoms with Gasteiger partial charge in [-0.05, 0) is 18.2 Å². The molecule has 0 aliphatic carbocycles. The number of anilines is 1. The zero-order valence-electron chi connectivity index (χ0n) is 9.45. The van der Waals surface area contributed by atoms with E-state index in [1.54, 1.807) is 41.1 Å². The maximum absolute atomic E-state index is 12.1. The Bertz CT molecular complexity index is 702. The molecule has 0 saturated carbocycles. The number of nitrogens with zero attached hydrogens (tertiary/aromatic N) is 2. The summed E-state index contributed by atoms with van der Waals surface area (Å²) in [6.07, 6.45) is 5.51. The second kappa shape index (κ2) is 3.99. The first-order chi connectivity index (χ1) is 8.67. The summed E-state index contributed by atoms with van der Waals surface area (Å²) in [7, 11) is -3.57. The maximum atomic E-state index is 12.1. The third-order valence-electron chi connectivity index (χ3n) is 2.74. The summed E-state index contributed by atoms with van der Waals surface area (Å²) in [6.45, 7) is 0.641. The van der Waals surface area contributed by atoms with Crippen molar-refractivity contribution < 1.29 is 8.42 Å². The lowest BCUT2D eigenvalue weighted by Gasteiger charge is -2.08. The summed E-state index contributed by atoms with van der Waals surface area (Å²) in [5.74, 6) is 0.346. The largest absolute Gasteiger partial charge is 0.306 e. The van der Waals surface area contributed by atoms with Gasteiger partial charge >= 0.3 is 0 Å². The summed E-state index contributed by atoms with van der Waals surface area (Å²) in [5.41, 5.74) is 0.903. The average molecular weight is 261 g/mol. The number of nitrogens with one attached hydrogen (secondary N) is 1. The van der Waals surface area contributed by atoms with Crippen LogP contribution < -0.4 is 4.72 Å². The first-order valence-corrected chi connectivity index (χ1v) is 6.95. The Balaban J connectivity index is 1.93. The smallest absolute Gasteiger partial charge is 0.264 e. The monoisotopic (exact) mass is 261 g/mol. The number of aromatic nitrogens is 2. The van der Waals surface area contributed by atoms with Crippen LogP contribution >= 0.6 is 0 Å². The van der Waals surface area contributed by atoms with E-state index >= 15 is 0 Å². The molecule has 1 aliphatic rings. The van der Waals surface area contributed by atoms with Crippen LogP contribution in [0.5, 0.6) is 0 Å². The lowest BCUT2D eigenvalue weighted by molar-refractivity contribution is 0.600. The summed E-state index contributed by atoms with van der Waals surface area (Å²) < 4.78 is 28.5. The van der Waals surface area contributed by atoms with Crippen molar-refractivity contribution in [2.45, 2.75) is 11.4 Å². The van der Waals surface area contributed by atoms with E-state index in [0.29, 0.717) is 12.5 Å². The van der Waals surface area contributed by atoms with Crippen molar-refractivity contribution in [3.05, 3.63) is 48.3 Å². The lowest BCUT2D eigenvalue weighted by Crippen LogP contribution is -2.16. The third kappa shape index (κ3) is 1.80. The number of hydrogen-bond acceptors (Lipinski definition) is 3. The Hall–Kier alpha value is -2.08. The Morgan fingerprint density at radius 1 is 1.22 bits per heavy atom. The quantitative estimate of drug-likeness (QED) is 0.914. The van der Waals surface area contributed by atoms with Gasteiger partial charge in [-0.15, -0.1) is 0 Å². The number of allylic oxidation sites excluding steroid dienone is 1. The molecule has 3 rings (SSSR count). The second-order valence-corrected chi connectivity index (χ2v) is 5.62. The minimum Gasteiger partial charge on any atom is -0.306 e. The van der Waals surface area contributed by atoms with Gasteiger partial charge < -0.3 is 4.57 Å². The van der Waals surface area contributed by atoms with E-state index in [1.165, 1.54) is 0 Å². The van der Waals surface area contributed by atoms with Crippen LogP contribution in [0.3, 0.4) is 0 Å². The molecule has 1 aromatic carbocycles. The third-order valence-corrected chi connectivity index (χ3v) is 4.09. The number of imidazole rings is 1. The number of fused-ring (bicyclic) bond motifs is 1. The minimum absolute atomic E-state index is 0.230. The van der Waals surface area contributed by atoms with Gasteiger partial charge in [0.25, 0.3) is 10.0 Å². The standard InChI is InChI=1S/C12H11N3O2S/c16-18(17,11-6-2-1-3-7-11)14-12-13-9-10-5-4-8-15(10)12/h1-7,9H,8H2,(H,13,14). The van der Waals surface area contributed by atoms with Crippen LogP contribution in [0.2, 0.25) is 0 Å². The van der Waals surface area contributed by atoms with Crippen molar-refractivity contribution in [3.8, 4) is 0 Å². The molecule has 1 aliphatic heterocycles. The Kier molecular flexibility index (Phi) is 2.45. The predicted octanol–water partition coefficient (Wildman–Crippen LogP) is 1.71. The number of benzene rings is 1. The highest BCUT2D eigenvalue weighted by atomic mass is 32.2. The molecule has 1 N–H and O–H groups in total. The molecule has 1 aromatic heterocycles. The van der Waals surface area contributed by atoms with E-state index < -0.39 is 10.0 Å². The van der Waals surface area contributed by atoms with Gasteiger partial charge in [-0.3, -0.25) is 0 Å². The van der Waals surface area contributed by atoms with Crippen molar-refractivity contribution in [2.75, 3.05) is 4.72 Å². The van der Waals surface area contributed by atoms with Crippen molar-refractivity contribution >= 4 is 22.0 Å². The highest BCUT2D eigenvalue weighted by molar-refractivity contribution is 7.92. The van der Waals surface area contributed by atoms with E-state index in [9.17, 15) is 8.42 Å². The minimum atomic E-state index is -3.57. The molecular weight excluding hydrogens is 250 g/mol. The van der Waals surface area contributed by atoms with Crippen LogP contribution in [-0.4, -0.2) is 18.0 Å². The van der Waals surface area contributed by atoms with Crippen LogP contribution in [0.25, 0.3) is 6.08 Å². The molecule has 0 radical (unpaired) electrons. The molecule has 2 aromatic rings. The normalized spacial score (nSPS) is 13.6. The molecule has 5 nitrogen and oxygen atoms in total. The summed E-state index contributed by atoms with van der Waals surface area (Å²) in [6, 6.07) is 8.25. The van der Waals surface area contributed by atoms with E-state index in [1.807, 2.05) is 12.2 Å². The average Bonchev–Trinajstić information content (AvgIpc) is 2.95. The van der Waals surface area contributed by atoms with Crippen LogP contribution in [0.15, 0.2) is 47.5 Å². The zero-order chi connectivity index (χ0) is 12.6. The molecule has 2 heterocycles.